The van der Waals surface area contributed by atoms with E-state index in [1.807, 2.05) is 30.3 Å². The van der Waals surface area contributed by atoms with Crippen LogP contribution in [0.3, 0.4) is 0 Å². The van der Waals surface area contributed by atoms with E-state index in [1.165, 1.54) is 11.4 Å². The fourth-order valence-corrected chi connectivity index (χ4v) is 3.53. The second-order valence-corrected chi connectivity index (χ2v) is 6.70. The maximum atomic E-state index is 12.1. The zero-order valence-corrected chi connectivity index (χ0v) is 12.8. The van der Waals surface area contributed by atoms with E-state index in [0.717, 1.165) is 5.56 Å². The first-order chi connectivity index (χ1) is 8.60. The van der Waals surface area contributed by atoms with Crippen LogP contribution < -0.4 is 0 Å². The van der Waals surface area contributed by atoms with Gasteiger partial charge in [-0.15, -0.1) is 0 Å². The van der Waals surface area contributed by atoms with Gasteiger partial charge in [-0.2, -0.15) is 4.31 Å². The third-order valence-corrected chi connectivity index (χ3v) is 4.61. The van der Waals surface area contributed by atoms with Gasteiger partial charge in [-0.1, -0.05) is 46.3 Å². The van der Waals surface area contributed by atoms with E-state index in [2.05, 4.69) is 15.9 Å². The summed E-state index contributed by atoms with van der Waals surface area (Å²) in [5.74, 6) is 0.0172. The molecule has 1 rings (SSSR count). The van der Waals surface area contributed by atoms with Gasteiger partial charge in [0.2, 0.25) is 10.0 Å². The lowest BCUT2D eigenvalue weighted by molar-refractivity contribution is 0.215. The molecule has 0 amide bonds. The minimum atomic E-state index is -3.27. The zero-order valence-electron chi connectivity index (χ0n) is 10.4. The van der Waals surface area contributed by atoms with Crippen LogP contribution in [0, 0.1) is 0 Å². The van der Waals surface area contributed by atoms with Gasteiger partial charge in [-0.25, -0.2) is 8.42 Å². The van der Waals surface area contributed by atoms with Crippen molar-refractivity contribution in [3.8, 4) is 0 Å². The molecule has 1 aromatic carbocycles. The summed E-state index contributed by atoms with van der Waals surface area (Å²) >= 11 is 3.29. The molecule has 0 fully saturated rings. The molecule has 0 atom stereocenters. The van der Waals surface area contributed by atoms with Crippen molar-refractivity contribution in [1.82, 2.24) is 4.31 Å². The van der Waals surface area contributed by atoms with Crippen LogP contribution in [-0.2, 0) is 21.3 Å². The van der Waals surface area contributed by atoms with Crippen LogP contribution in [0.25, 0.3) is 0 Å². The Labute approximate surface area is 117 Å². The molecular formula is C12H18BrNO3S. The Morgan fingerprint density at radius 1 is 1.28 bits per heavy atom. The highest BCUT2D eigenvalue weighted by Crippen LogP contribution is 2.10. The van der Waals surface area contributed by atoms with Gasteiger partial charge < -0.3 is 4.74 Å². The molecule has 0 bridgehead atoms. The number of benzene rings is 1. The van der Waals surface area contributed by atoms with E-state index >= 15 is 0 Å². The number of hydrogen-bond donors (Lipinski definition) is 0. The summed E-state index contributed by atoms with van der Waals surface area (Å²) in [4.78, 5) is 0. The standard InChI is InChI=1S/C12H18BrNO3S/c1-17-9-10-18(15,16)14(8-7-13)11-12-5-3-2-4-6-12/h2-6H,7-11H2,1H3. The van der Waals surface area contributed by atoms with Gasteiger partial charge in [-0.05, 0) is 5.56 Å². The normalized spacial score (nSPS) is 11.9. The fourth-order valence-electron chi connectivity index (χ4n) is 1.52. The molecule has 0 radical (unpaired) electrons. The quantitative estimate of drug-likeness (QED) is 0.681. The van der Waals surface area contributed by atoms with Crippen molar-refractivity contribution in [2.24, 2.45) is 0 Å². The number of ether oxygens (including phenoxy) is 1. The van der Waals surface area contributed by atoms with Gasteiger partial charge in [0.05, 0.1) is 12.4 Å². The number of halogens is 1. The maximum Gasteiger partial charge on any atom is 0.216 e. The summed E-state index contributed by atoms with van der Waals surface area (Å²) in [5, 5.41) is 0.617. The Hall–Kier alpha value is -0.430. The van der Waals surface area contributed by atoms with Crippen molar-refractivity contribution < 1.29 is 13.2 Å². The number of hydrogen-bond acceptors (Lipinski definition) is 3. The van der Waals surface area contributed by atoms with Gasteiger partial charge >= 0.3 is 0 Å². The molecule has 4 nitrogen and oxygen atoms in total. The molecule has 0 aromatic heterocycles. The SMILES string of the molecule is COCCS(=O)(=O)N(CCBr)Cc1ccccc1. The first-order valence-electron chi connectivity index (χ1n) is 5.67. The molecule has 6 heteroatoms. The lowest BCUT2D eigenvalue weighted by atomic mass is 10.2. The van der Waals surface area contributed by atoms with Crippen molar-refractivity contribution in [2.75, 3.05) is 31.3 Å². The molecular weight excluding hydrogens is 318 g/mol. The summed E-state index contributed by atoms with van der Waals surface area (Å²) in [5.41, 5.74) is 0.986. The van der Waals surface area contributed by atoms with E-state index in [0.29, 0.717) is 18.4 Å². The third-order valence-electron chi connectivity index (χ3n) is 2.47. The fraction of sp³-hybridized carbons (Fsp3) is 0.500. The molecule has 1 aromatic rings. The van der Waals surface area contributed by atoms with Gasteiger partial charge in [-0.3, -0.25) is 0 Å². The minimum absolute atomic E-state index is 0.0172. The summed E-state index contributed by atoms with van der Waals surface area (Å²) in [7, 11) is -1.76. The topological polar surface area (TPSA) is 46.6 Å². The smallest absolute Gasteiger partial charge is 0.216 e. The first kappa shape index (κ1) is 15.6. The molecule has 0 aliphatic rings. The third kappa shape index (κ3) is 5.06. The summed E-state index contributed by atoms with van der Waals surface area (Å²) < 4.78 is 30.5. The lowest BCUT2D eigenvalue weighted by Gasteiger charge is -2.21. The Morgan fingerprint density at radius 3 is 2.50 bits per heavy atom. The number of nitrogens with zero attached hydrogens (tertiary/aromatic N) is 1. The van der Waals surface area contributed by atoms with Crippen molar-refractivity contribution in [2.45, 2.75) is 6.54 Å². The molecule has 0 aliphatic heterocycles. The first-order valence-corrected chi connectivity index (χ1v) is 8.40. The summed E-state index contributed by atoms with van der Waals surface area (Å²) in [6.45, 7) is 1.08. The Balaban J connectivity index is 2.76. The average molecular weight is 336 g/mol. The number of sulfonamides is 1. The lowest BCUT2D eigenvalue weighted by Crippen LogP contribution is -2.35. The molecule has 102 valence electrons. The highest BCUT2D eigenvalue weighted by molar-refractivity contribution is 9.09. The van der Waals surface area contributed by atoms with Crippen LogP contribution in [0.1, 0.15) is 5.56 Å². The van der Waals surface area contributed by atoms with E-state index in [1.54, 1.807) is 0 Å². The zero-order chi connectivity index (χ0) is 13.4. The molecule has 0 spiro atoms. The molecule has 0 saturated carbocycles. The second kappa shape index (κ2) is 7.89. The van der Waals surface area contributed by atoms with Gasteiger partial charge in [0, 0.05) is 25.5 Å². The second-order valence-electron chi connectivity index (χ2n) is 3.82. The Kier molecular flexibility index (Phi) is 6.85. The Bertz CT molecular complexity index is 436. The largest absolute Gasteiger partial charge is 0.384 e. The van der Waals surface area contributed by atoms with Gasteiger partial charge in [0.25, 0.3) is 0 Å². The van der Waals surface area contributed by atoms with E-state index < -0.39 is 10.0 Å². The van der Waals surface area contributed by atoms with Crippen molar-refractivity contribution in [1.29, 1.82) is 0 Å². The van der Waals surface area contributed by atoms with Crippen LogP contribution in [0.4, 0.5) is 0 Å². The number of methoxy groups -OCH3 is 1. The molecule has 0 unspecified atom stereocenters. The van der Waals surface area contributed by atoms with Crippen molar-refractivity contribution in [3.63, 3.8) is 0 Å². The molecule has 0 saturated heterocycles. The van der Waals surface area contributed by atoms with Crippen molar-refractivity contribution in [3.05, 3.63) is 35.9 Å². The number of rotatable bonds is 8. The predicted octanol–water partition coefficient (Wildman–Crippen LogP) is 1.86. The summed E-state index contributed by atoms with van der Waals surface area (Å²) in [6, 6.07) is 9.57. The molecule has 0 heterocycles. The van der Waals surface area contributed by atoms with Gasteiger partial charge in [0.1, 0.15) is 0 Å². The van der Waals surface area contributed by atoms with Crippen LogP contribution >= 0.6 is 15.9 Å². The van der Waals surface area contributed by atoms with Crippen LogP contribution in [0.5, 0.6) is 0 Å². The molecule has 18 heavy (non-hydrogen) atoms. The average Bonchev–Trinajstić information content (AvgIpc) is 2.37. The van der Waals surface area contributed by atoms with Crippen molar-refractivity contribution >= 4 is 26.0 Å². The monoisotopic (exact) mass is 335 g/mol. The Morgan fingerprint density at radius 2 is 1.94 bits per heavy atom. The molecule has 0 N–H and O–H groups in total. The minimum Gasteiger partial charge on any atom is -0.384 e. The predicted molar refractivity (Wildman–Crippen MR) is 76.3 cm³/mol. The maximum absolute atomic E-state index is 12.1. The number of alkyl halides is 1. The van der Waals surface area contributed by atoms with Crippen LogP contribution in [-0.4, -0.2) is 44.1 Å². The van der Waals surface area contributed by atoms with Gasteiger partial charge in [0.15, 0.2) is 0 Å². The van der Waals surface area contributed by atoms with E-state index in [-0.39, 0.29) is 12.4 Å². The highest BCUT2D eigenvalue weighted by atomic mass is 79.9. The highest BCUT2D eigenvalue weighted by Gasteiger charge is 2.21. The van der Waals surface area contributed by atoms with Crippen LogP contribution in [0.2, 0.25) is 0 Å². The van der Waals surface area contributed by atoms with Crippen LogP contribution in [0.15, 0.2) is 30.3 Å². The molecule has 0 aliphatic carbocycles. The van der Waals surface area contributed by atoms with E-state index in [9.17, 15) is 8.42 Å². The summed E-state index contributed by atoms with van der Waals surface area (Å²) in [6.07, 6.45) is 0. The van der Waals surface area contributed by atoms with E-state index in [4.69, 9.17) is 4.74 Å².